The molecule has 1 aliphatic rings. The Kier molecular flexibility index (Phi) is 6.26. The van der Waals surface area contributed by atoms with Crippen molar-refractivity contribution in [3.8, 4) is 5.82 Å². The van der Waals surface area contributed by atoms with E-state index in [0.29, 0.717) is 12.6 Å². The predicted octanol–water partition coefficient (Wildman–Crippen LogP) is 3.67. The highest BCUT2D eigenvalue weighted by Crippen LogP contribution is 2.31. The number of nitrogens with zero attached hydrogens (tertiary/aromatic N) is 3. The molecule has 2 aromatic rings. The Morgan fingerprint density at radius 1 is 1.38 bits per heavy atom. The molecule has 0 spiro atoms. The maximum Gasteiger partial charge on any atom is 0.315 e. The minimum atomic E-state index is -0.0826. The summed E-state index contributed by atoms with van der Waals surface area (Å²) in [6.07, 6.45) is 12.9. The highest BCUT2D eigenvalue weighted by atomic mass is 16.2. The van der Waals surface area contributed by atoms with E-state index < -0.39 is 0 Å². The standard InChI is InChI=1S/C20H29N5O/c1-3-15(2)17-5-4-6-18(12-17)24-20(26)23-13-16-7-8-22-19(11-16)25-10-9-21-14-25/h7-11,14-15,17-18H,3-6,12-13H2,1-2H3,(H2,23,24,26). The lowest BCUT2D eigenvalue weighted by Crippen LogP contribution is -2.44. The monoisotopic (exact) mass is 355 g/mol. The predicted molar refractivity (Wildman–Crippen MR) is 102 cm³/mol. The number of urea groups is 1. The van der Waals surface area contributed by atoms with E-state index in [9.17, 15) is 4.79 Å². The lowest BCUT2D eigenvalue weighted by atomic mass is 9.77. The first-order valence-electron chi connectivity index (χ1n) is 9.63. The maximum atomic E-state index is 12.3. The second kappa shape index (κ2) is 8.83. The van der Waals surface area contributed by atoms with Gasteiger partial charge in [0.25, 0.3) is 0 Å². The number of pyridine rings is 1. The first kappa shape index (κ1) is 18.4. The van der Waals surface area contributed by atoms with Crippen molar-refractivity contribution < 1.29 is 4.79 Å². The van der Waals surface area contributed by atoms with E-state index in [4.69, 9.17) is 0 Å². The fourth-order valence-corrected chi connectivity index (χ4v) is 3.73. The lowest BCUT2D eigenvalue weighted by molar-refractivity contribution is 0.204. The first-order chi connectivity index (χ1) is 12.7. The molecule has 3 atom stereocenters. The molecule has 0 aromatic carbocycles. The van der Waals surface area contributed by atoms with E-state index in [1.807, 2.05) is 22.9 Å². The maximum absolute atomic E-state index is 12.3. The van der Waals surface area contributed by atoms with Crippen LogP contribution in [0.2, 0.25) is 0 Å². The Labute approximate surface area is 155 Å². The van der Waals surface area contributed by atoms with Crippen molar-refractivity contribution in [1.29, 1.82) is 0 Å². The third-order valence-electron chi connectivity index (χ3n) is 5.53. The third kappa shape index (κ3) is 4.84. The van der Waals surface area contributed by atoms with Gasteiger partial charge in [0.1, 0.15) is 12.1 Å². The van der Waals surface area contributed by atoms with Crippen LogP contribution in [0.1, 0.15) is 51.5 Å². The van der Waals surface area contributed by atoms with Crippen LogP contribution in [0.4, 0.5) is 4.79 Å². The zero-order valence-corrected chi connectivity index (χ0v) is 15.7. The van der Waals surface area contributed by atoms with Gasteiger partial charge in [-0.3, -0.25) is 4.57 Å². The smallest absolute Gasteiger partial charge is 0.315 e. The summed E-state index contributed by atoms with van der Waals surface area (Å²) >= 11 is 0. The molecule has 6 nitrogen and oxygen atoms in total. The molecule has 0 aliphatic heterocycles. The van der Waals surface area contributed by atoms with E-state index in [-0.39, 0.29) is 6.03 Å². The van der Waals surface area contributed by atoms with Gasteiger partial charge >= 0.3 is 6.03 Å². The topological polar surface area (TPSA) is 71.8 Å². The number of hydrogen-bond donors (Lipinski definition) is 2. The van der Waals surface area contributed by atoms with Crippen LogP contribution in [0.25, 0.3) is 5.82 Å². The summed E-state index contributed by atoms with van der Waals surface area (Å²) in [6, 6.07) is 4.09. The number of carbonyl (C=O) groups excluding carboxylic acids is 1. The third-order valence-corrected chi connectivity index (χ3v) is 5.53. The van der Waals surface area contributed by atoms with Crippen molar-refractivity contribution in [2.75, 3.05) is 0 Å². The molecular weight excluding hydrogens is 326 g/mol. The van der Waals surface area contributed by atoms with Crippen LogP contribution in [0.3, 0.4) is 0 Å². The summed E-state index contributed by atoms with van der Waals surface area (Å²) in [5.41, 5.74) is 1.01. The molecule has 2 N–H and O–H groups in total. The normalized spacial score (nSPS) is 21.2. The van der Waals surface area contributed by atoms with Crippen LogP contribution >= 0.6 is 0 Å². The van der Waals surface area contributed by atoms with E-state index >= 15 is 0 Å². The van der Waals surface area contributed by atoms with Crippen molar-refractivity contribution in [2.24, 2.45) is 11.8 Å². The van der Waals surface area contributed by atoms with Crippen LogP contribution in [0.15, 0.2) is 37.1 Å². The zero-order chi connectivity index (χ0) is 18.4. The van der Waals surface area contributed by atoms with Gasteiger partial charge in [0.05, 0.1) is 0 Å². The number of hydrogen-bond acceptors (Lipinski definition) is 3. The van der Waals surface area contributed by atoms with Crippen LogP contribution in [-0.2, 0) is 6.54 Å². The number of amides is 2. The van der Waals surface area contributed by atoms with Gasteiger partial charge in [-0.1, -0.05) is 33.1 Å². The van der Waals surface area contributed by atoms with Gasteiger partial charge in [0, 0.05) is 31.2 Å². The number of nitrogens with one attached hydrogen (secondary N) is 2. The van der Waals surface area contributed by atoms with Crippen LogP contribution in [0.5, 0.6) is 0 Å². The summed E-state index contributed by atoms with van der Waals surface area (Å²) in [5.74, 6) is 2.27. The van der Waals surface area contributed by atoms with Gasteiger partial charge in [-0.2, -0.15) is 0 Å². The molecule has 26 heavy (non-hydrogen) atoms. The van der Waals surface area contributed by atoms with Gasteiger partial charge in [0.2, 0.25) is 0 Å². The van der Waals surface area contributed by atoms with Gasteiger partial charge in [-0.15, -0.1) is 0 Å². The molecule has 2 heterocycles. The minimum absolute atomic E-state index is 0.0826. The minimum Gasteiger partial charge on any atom is -0.335 e. The second-order valence-electron chi connectivity index (χ2n) is 7.33. The molecule has 6 heteroatoms. The van der Waals surface area contributed by atoms with Crippen molar-refractivity contribution >= 4 is 6.03 Å². The molecule has 3 unspecified atom stereocenters. The van der Waals surface area contributed by atoms with Gasteiger partial charge in [0.15, 0.2) is 0 Å². The molecule has 2 amide bonds. The molecule has 0 radical (unpaired) electrons. The highest BCUT2D eigenvalue weighted by molar-refractivity contribution is 5.74. The summed E-state index contributed by atoms with van der Waals surface area (Å²) in [6.45, 7) is 5.06. The highest BCUT2D eigenvalue weighted by Gasteiger charge is 2.26. The largest absolute Gasteiger partial charge is 0.335 e. The number of aromatic nitrogens is 3. The number of carbonyl (C=O) groups is 1. The molecule has 140 valence electrons. The van der Waals surface area contributed by atoms with Crippen molar-refractivity contribution in [1.82, 2.24) is 25.2 Å². The van der Waals surface area contributed by atoms with Crippen molar-refractivity contribution in [3.63, 3.8) is 0 Å². The van der Waals surface area contributed by atoms with Gasteiger partial charge < -0.3 is 10.6 Å². The van der Waals surface area contributed by atoms with Gasteiger partial charge in [-0.05, 0) is 42.4 Å². The molecule has 3 rings (SSSR count). The Bertz CT molecular complexity index is 700. The fraction of sp³-hybridized carbons (Fsp3) is 0.550. The Morgan fingerprint density at radius 2 is 2.27 bits per heavy atom. The lowest BCUT2D eigenvalue weighted by Gasteiger charge is -2.33. The molecule has 2 aromatic heterocycles. The molecule has 0 bridgehead atoms. The van der Waals surface area contributed by atoms with Crippen LogP contribution < -0.4 is 10.6 Å². The van der Waals surface area contributed by atoms with Crippen LogP contribution in [-0.4, -0.2) is 26.6 Å². The molecule has 0 saturated heterocycles. The second-order valence-corrected chi connectivity index (χ2v) is 7.33. The van der Waals surface area contributed by atoms with E-state index in [1.165, 1.54) is 19.3 Å². The summed E-state index contributed by atoms with van der Waals surface area (Å²) in [4.78, 5) is 20.7. The first-order valence-corrected chi connectivity index (χ1v) is 9.63. The van der Waals surface area contributed by atoms with Crippen LogP contribution in [0, 0.1) is 11.8 Å². The quantitative estimate of drug-likeness (QED) is 0.830. The molecule has 1 aliphatic carbocycles. The molecule has 1 saturated carbocycles. The average Bonchev–Trinajstić information content (AvgIpc) is 3.21. The van der Waals surface area contributed by atoms with E-state index in [2.05, 4.69) is 34.4 Å². The summed E-state index contributed by atoms with van der Waals surface area (Å²) in [5, 5.41) is 6.13. The van der Waals surface area contributed by atoms with Gasteiger partial charge in [-0.25, -0.2) is 14.8 Å². The SMILES string of the molecule is CCC(C)C1CCCC(NC(=O)NCc2ccnc(-n3ccnc3)c2)C1. The molecular formula is C20H29N5O. The average molecular weight is 355 g/mol. The number of rotatable bonds is 6. The summed E-state index contributed by atoms with van der Waals surface area (Å²) < 4.78 is 1.85. The number of imidazole rings is 1. The van der Waals surface area contributed by atoms with E-state index in [1.54, 1.807) is 18.7 Å². The molecule has 1 fully saturated rings. The van der Waals surface area contributed by atoms with E-state index in [0.717, 1.165) is 36.1 Å². The Hall–Kier alpha value is -2.37. The van der Waals surface area contributed by atoms with Crippen molar-refractivity contribution in [2.45, 2.75) is 58.5 Å². The summed E-state index contributed by atoms with van der Waals surface area (Å²) in [7, 11) is 0. The Morgan fingerprint density at radius 3 is 3.04 bits per heavy atom. The van der Waals surface area contributed by atoms with Crippen molar-refractivity contribution in [3.05, 3.63) is 42.6 Å². The zero-order valence-electron chi connectivity index (χ0n) is 15.7. The Balaban J connectivity index is 1.49. The fourth-order valence-electron chi connectivity index (χ4n) is 3.73.